The number of amides is 1. The van der Waals surface area contributed by atoms with Gasteiger partial charge in [-0.3, -0.25) is 10.2 Å². The van der Waals surface area contributed by atoms with Crippen LogP contribution in [0.5, 0.6) is 5.75 Å². The normalized spacial score (nSPS) is 18.8. The second-order valence-electron chi connectivity index (χ2n) is 6.97. The van der Waals surface area contributed by atoms with Crippen LogP contribution in [0.4, 0.5) is 13.2 Å². The lowest BCUT2D eigenvalue weighted by Gasteiger charge is -2.38. The third kappa shape index (κ3) is 3.23. The van der Waals surface area contributed by atoms with Gasteiger partial charge in [0.1, 0.15) is 5.75 Å². The topological polar surface area (TPSA) is 41.6 Å². The zero-order chi connectivity index (χ0) is 19.1. The Kier molecular flexibility index (Phi) is 4.60. The third-order valence-electron chi connectivity index (χ3n) is 4.56. The van der Waals surface area contributed by atoms with Gasteiger partial charge in [-0.1, -0.05) is 30.3 Å². The Morgan fingerprint density at radius 1 is 1.23 bits per heavy atom. The molecule has 0 bridgehead atoms. The first-order chi connectivity index (χ1) is 12.1. The molecule has 3 rings (SSSR count). The Morgan fingerprint density at radius 2 is 1.92 bits per heavy atom. The summed E-state index contributed by atoms with van der Waals surface area (Å²) in [5.74, 6) is -0.257. The number of benzene rings is 2. The van der Waals surface area contributed by atoms with Crippen LogP contribution in [0.15, 0.2) is 36.4 Å². The largest absolute Gasteiger partial charge is 0.494 e. The highest BCUT2D eigenvalue weighted by atomic mass is 19.4. The van der Waals surface area contributed by atoms with E-state index < -0.39 is 23.7 Å². The Balaban J connectivity index is 2.28. The zero-order valence-corrected chi connectivity index (χ0v) is 14.9. The van der Waals surface area contributed by atoms with Crippen LogP contribution in [0.25, 0.3) is 10.8 Å². The van der Waals surface area contributed by atoms with Crippen LogP contribution in [0, 0.1) is 0 Å². The molecule has 4 nitrogen and oxygen atoms in total. The third-order valence-corrected chi connectivity index (χ3v) is 4.56. The maximum atomic E-state index is 14.2. The number of hydrogen-bond donors (Lipinski definition) is 1. The van der Waals surface area contributed by atoms with E-state index in [1.807, 2.05) is 0 Å². The first-order valence-electron chi connectivity index (χ1n) is 8.45. The van der Waals surface area contributed by atoms with Crippen LogP contribution >= 0.6 is 0 Å². The van der Waals surface area contributed by atoms with Gasteiger partial charge in [-0.2, -0.15) is 18.2 Å². The molecule has 0 aromatic heterocycles. The molecule has 0 radical (unpaired) electrons. The number of nitrogens with one attached hydrogen (secondary N) is 1. The van der Waals surface area contributed by atoms with Crippen molar-refractivity contribution < 1.29 is 22.7 Å². The molecule has 2 aromatic carbocycles. The van der Waals surface area contributed by atoms with Crippen molar-refractivity contribution >= 4 is 16.7 Å². The van der Waals surface area contributed by atoms with Crippen molar-refractivity contribution in [3.63, 3.8) is 0 Å². The van der Waals surface area contributed by atoms with E-state index in [2.05, 4.69) is 5.43 Å². The summed E-state index contributed by atoms with van der Waals surface area (Å²) >= 11 is 0. The highest BCUT2D eigenvalue weighted by Gasteiger charge is 2.54. The average molecular weight is 366 g/mol. The van der Waals surface area contributed by atoms with E-state index in [-0.39, 0.29) is 24.3 Å². The molecular formula is C19H21F3N2O2. The first-order valence-corrected chi connectivity index (χ1v) is 8.45. The summed E-state index contributed by atoms with van der Waals surface area (Å²) in [4.78, 5) is 11.9. The maximum Gasteiger partial charge on any atom is 0.410 e. The molecule has 1 atom stereocenters. The van der Waals surface area contributed by atoms with Crippen LogP contribution in [0.2, 0.25) is 0 Å². The molecule has 1 unspecified atom stereocenters. The molecule has 26 heavy (non-hydrogen) atoms. The van der Waals surface area contributed by atoms with Crippen LogP contribution in [-0.4, -0.2) is 29.2 Å². The molecule has 1 heterocycles. The van der Waals surface area contributed by atoms with Gasteiger partial charge in [0.15, 0.2) is 6.04 Å². The molecule has 2 aromatic rings. The fraction of sp³-hybridized carbons (Fsp3) is 0.421. The van der Waals surface area contributed by atoms with Crippen LogP contribution < -0.4 is 10.2 Å². The van der Waals surface area contributed by atoms with Gasteiger partial charge in [0.2, 0.25) is 5.91 Å². The van der Waals surface area contributed by atoms with Crippen LogP contribution in [0.1, 0.15) is 38.8 Å². The average Bonchev–Trinajstić information content (AvgIpc) is 2.80. The van der Waals surface area contributed by atoms with Crippen molar-refractivity contribution in [2.45, 2.75) is 44.9 Å². The number of carbonyl (C=O) groups excluding carboxylic acids is 1. The predicted octanol–water partition coefficient (Wildman–Crippen LogP) is 4.36. The number of carbonyl (C=O) groups is 1. The second kappa shape index (κ2) is 6.46. The van der Waals surface area contributed by atoms with E-state index in [0.29, 0.717) is 10.8 Å². The molecule has 0 spiro atoms. The van der Waals surface area contributed by atoms with Crippen molar-refractivity contribution in [3.8, 4) is 5.75 Å². The number of alkyl halides is 3. The van der Waals surface area contributed by atoms with Crippen LogP contribution in [-0.2, 0) is 4.79 Å². The molecule has 1 saturated heterocycles. The van der Waals surface area contributed by atoms with Crippen molar-refractivity contribution in [2.75, 3.05) is 6.61 Å². The fourth-order valence-corrected chi connectivity index (χ4v) is 3.50. The summed E-state index contributed by atoms with van der Waals surface area (Å²) in [6.45, 7) is 5.21. The molecule has 1 aliphatic rings. The zero-order valence-electron chi connectivity index (χ0n) is 14.9. The molecule has 7 heteroatoms. The van der Waals surface area contributed by atoms with Gasteiger partial charge in [0.05, 0.1) is 6.61 Å². The maximum absolute atomic E-state index is 14.2. The molecule has 0 saturated carbocycles. The lowest BCUT2D eigenvalue weighted by molar-refractivity contribution is -0.203. The van der Waals surface area contributed by atoms with Gasteiger partial charge in [-0.05, 0) is 37.6 Å². The molecule has 1 N–H and O–H groups in total. The Morgan fingerprint density at radius 3 is 2.50 bits per heavy atom. The van der Waals surface area contributed by atoms with Crippen molar-refractivity contribution in [2.24, 2.45) is 0 Å². The number of halogens is 3. The van der Waals surface area contributed by atoms with Gasteiger partial charge in [-0.15, -0.1) is 0 Å². The second-order valence-corrected chi connectivity index (χ2v) is 6.97. The van der Waals surface area contributed by atoms with Crippen molar-refractivity contribution in [1.82, 2.24) is 10.4 Å². The lowest BCUT2D eigenvalue weighted by atomic mass is 9.93. The van der Waals surface area contributed by atoms with Gasteiger partial charge in [0.25, 0.3) is 0 Å². The molecule has 140 valence electrons. The molecule has 0 aliphatic carbocycles. The number of fused-ring (bicyclic) bond motifs is 1. The van der Waals surface area contributed by atoms with E-state index >= 15 is 0 Å². The van der Waals surface area contributed by atoms with Gasteiger partial charge < -0.3 is 4.74 Å². The summed E-state index contributed by atoms with van der Waals surface area (Å²) < 4.78 is 48.2. The van der Waals surface area contributed by atoms with E-state index in [1.165, 1.54) is 0 Å². The SMILES string of the molecule is CCOc1ccc2ccccc2c1C(N1NC(=O)CC1(C)C)C(F)(F)F. The van der Waals surface area contributed by atoms with Gasteiger partial charge in [0, 0.05) is 17.5 Å². The quantitative estimate of drug-likeness (QED) is 0.874. The Bertz CT molecular complexity index is 833. The number of rotatable bonds is 4. The molecule has 1 fully saturated rings. The monoisotopic (exact) mass is 366 g/mol. The summed E-state index contributed by atoms with van der Waals surface area (Å²) in [7, 11) is 0. The Hall–Kier alpha value is -2.28. The lowest BCUT2D eigenvalue weighted by Crippen LogP contribution is -2.51. The van der Waals surface area contributed by atoms with E-state index in [1.54, 1.807) is 57.2 Å². The minimum Gasteiger partial charge on any atom is -0.494 e. The number of nitrogens with zero attached hydrogens (tertiary/aromatic N) is 1. The highest BCUT2D eigenvalue weighted by Crippen LogP contribution is 2.47. The minimum atomic E-state index is -4.61. The first kappa shape index (κ1) is 18.5. The molecular weight excluding hydrogens is 345 g/mol. The Labute approximate surface area is 149 Å². The molecule has 1 amide bonds. The van der Waals surface area contributed by atoms with Gasteiger partial charge >= 0.3 is 6.18 Å². The standard InChI is InChI=1S/C19H21F3N2O2/c1-4-26-14-10-9-12-7-5-6-8-13(12)16(14)17(19(20,21)22)24-18(2,3)11-15(25)23-24/h5-10,17H,4,11H2,1-3H3,(H,23,25). The fourth-order valence-electron chi connectivity index (χ4n) is 3.50. The number of hydrazine groups is 1. The number of hydrogen-bond acceptors (Lipinski definition) is 3. The highest BCUT2D eigenvalue weighted by molar-refractivity contribution is 5.88. The molecule has 1 aliphatic heterocycles. The summed E-state index contributed by atoms with van der Waals surface area (Å²) in [5.41, 5.74) is 1.43. The number of ether oxygens (including phenoxy) is 1. The van der Waals surface area contributed by atoms with Crippen LogP contribution in [0.3, 0.4) is 0 Å². The summed E-state index contributed by atoms with van der Waals surface area (Å²) in [6, 6.07) is 8.17. The minimum absolute atomic E-state index is 0.00564. The predicted molar refractivity (Wildman–Crippen MR) is 92.6 cm³/mol. The van der Waals surface area contributed by atoms with Crippen molar-refractivity contribution in [1.29, 1.82) is 0 Å². The smallest absolute Gasteiger partial charge is 0.410 e. The summed E-state index contributed by atoms with van der Waals surface area (Å²) in [5, 5.41) is 2.15. The van der Waals surface area contributed by atoms with Gasteiger partial charge in [-0.25, -0.2) is 0 Å². The van der Waals surface area contributed by atoms with E-state index in [4.69, 9.17) is 4.74 Å². The summed E-state index contributed by atoms with van der Waals surface area (Å²) in [6.07, 6.45) is -4.61. The van der Waals surface area contributed by atoms with Crippen molar-refractivity contribution in [3.05, 3.63) is 42.0 Å². The van der Waals surface area contributed by atoms with E-state index in [0.717, 1.165) is 5.01 Å². The van der Waals surface area contributed by atoms with E-state index in [9.17, 15) is 18.0 Å².